The number of aryl methyl sites for hydroxylation is 1. The summed E-state index contributed by atoms with van der Waals surface area (Å²) in [4.78, 5) is 5.02. The Morgan fingerprint density at radius 1 is 1.20 bits per heavy atom. The molecule has 0 aliphatic rings. The maximum absolute atomic E-state index is 12.3. The first kappa shape index (κ1) is 22.2. The summed E-state index contributed by atoms with van der Waals surface area (Å²) in [5, 5.41) is 11.6. The molecule has 9 heteroatoms. The van der Waals surface area contributed by atoms with E-state index in [1.807, 2.05) is 37.3 Å². The highest BCUT2D eigenvalue weighted by molar-refractivity contribution is 7.90. The second-order valence-electron chi connectivity index (χ2n) is 7.12. The molecule has 2 aromatic carbocycles. The number of nitrogens with two attached hydrogens (primary N) is 2. The molecule has 0 saturated carbocycles. The summed E-state index contributed by atoms with van der Waals surface area (Å²) in [6.07, 6.45) is 0.330. The van der Waals surface area contributed by atoms with Gasteiger partial charge in [0.2, 0.25) is 5.96 Å². The lowest BCUT2D eigenvalue weighted by atomic mass is 10.0. The number of fused-ring (bicyclic) bond motifs is 1. The van der Waals surface area contributed by atoms with Crippen molar-refractivity contribution in [3.63, 3.8) is 0 Å². The summed E-state index contributed by atoms with van der Waals surface area (Å²) in [6.45, 7) is 2.18. The second kappa shape index (κ2) is 9.57. The Morgan fingerprint density at radius 2 is 1.90 bits per heavy atom. The minimum Gasteiger partial charge on any atom is -0.386 e. The van der Waals surface area contributed by atoms with Crippen molar-refractivity contribution in [1.29, 1.82) is 0 Å². The summed E-state index contributed by atoms with van der Waals surface area (Å²) < 4.78 is 28.0. The first-order valence-electron chi connectivity index (χ1n) is 9.58. The lowest BCUT2D eigenvalue weighted by molar-refractivity contribution is 0.145. The molecule has 0 radical (unpaired) electrons. The van der Waals surface area contributed by atoms with Crippen molar-refractivity contribution in [3.8, 4) is 0 Å². The molecule has 30 heavy (non-hydrogen) atoms. The van der Waals surface area contributed by atoms with Gasteiger partial charge in [0.1, 0.15) is 6.10 Å². The zero-order chi connectivity index (χ0) is 21.7. The van der Waals surface area contributed by atoms with Gasteiger partial charge in [-0.1, -0.05) is 35.9 Å². The summed E-state index contributed by atoms with van der Waals surface area (Å²) >= 11 is 1.53. The maximum Gasteiger partial charge on any atom is 0.264 e. The standard InChI is InChI=1S/C21H26N4O3S2/c1-14-8-10-16(11-9-14)30(27,28)25-21(23)24-12-4-6-17(22)20(26)19-13-15-5-2-3-7-18(15)29-19/h2-3,5,7-11,13,17,20,26H,4,6,12,22H2,1H3,(H3,23,24,25)/t17-,20?/m0/s1. The smallest absolute Gasteiger partial charge is 0.264 e. The highest BCUT2D eigenvalue weighted by atomic mass is 32.2. The first-order chi connectivity index (χ1) is 14.3. The average Bonchev–Trinajstić information content (AvgIpc) is 3.14. The minimum absolute atomic E-state index is 0.125. The van der Waals surface area contributed by atoms with Crippen molar-refractivity contribution in [2.45, 2.75) is 36.8 Å². The van der Waals surface area contributed by atoms with Crippen LogP contribution < -0.4 is 16.2 Å². The van der Waals surface area contributed by atoms with Gasteiger partial charge in [-0.2, -0.15) is 0 Å². The molecule has 6 N–H and O–H groups in total. The van der Waals surface area contributed by atoms with Crippen molar-refractivity contribution in [2.24, 2.45) is 16.5 Å². The number of thiophene rings is 1. The van der Waals surface area contributed by atoms with E-state index in [1.165, 1.54) is 23.5 Å². The summed E-state index contributed by atoms with van der Waals surface area (Å²) in [7, 11) is -3.76. The lowest BCUT2D eigenvalue weighted by Gasteiger charge is -2.17. The quantitative estimate of drug-likeness (QED) is 0.240. The van der Waals surface area contributed by atoms with Crippen molar-refractivity contribution in [1.82, 2.24) is 4.72 Å². The molecule has 0 fully saturated rings. The lowest BCUT2D eigenvalue weighted by Crippen LogP contribution is -2.37. The number of hydrogen-bond donors (Lipinski definition) is 4. The van der Waals surface area contributed by atoms with E-state index in [4.69, 9.17) is 11.5 Å². The number of nitrogens with zero attached hydrogens (tertiary/aromatic N) is 1. The summed E-state index contributed by atoms with van der Waals surface area (Å²) in [5.74, 6) is -0.172. The van der Waals surface area contributed by atoms with Gasteiger partial charge in [0.25, 0.3) is 10.0 Å². The monoisotopic (exact) mass is 446 g/mol. The van der Waals surface area contributed by atoms with Crippen LogP contribution in [0.5, 0.6) is 0 Å². The van der Waals surface area contributed by atoms with Crippen LogP contribution in [0.2, 0.25) is 0 Å². The third-order valence-electron chi connectivity index (χ3n) is 4.69. The normalized spacial score (nSPS) is 14.6. The molecule has 7 nitrogen and oxygen atoms in total. The number of aliphatic hydroxyl groups is 1. The van der Waals surface area contributed by atoms with Crippen LogP contribution in [0.25, 0.3) is 10.1 Å². The molecule has 160 valence electrons. The van der Waals surface area contributed by atoms with Crippen LogP contribution in [0, 0.1) is 6.92 Å². The summed E-state index contributed by atoms with van der Waals surface area (Å²) in [5.41, 5.74) is 12.8. The van der Waals surface area contributed by atoms with Crippen LogP contribution in [0.15, 0.2) is 64.5 Å². The third-order valence-corrected chi connectivity index (χ3v) is 7.25. The fraction of sp³-hybridized carbons (Fsp3) is 0.286. The molecular formula is C21H26N4O3S2. The number of hydrogen-bond acceptors (Lipinski definition) is 6. The molecule has 0 saturated heterocycles. The van der Waals surface area contributed by atoms with Crippen molar-refractivity contribution < 1.29 is 13.5 Å². The van der Waals surface area contributed by atoms with Gasteiger partial charge in [-0.25, -0.2) is 13.1 Å². The number of guanidine groups is 1. The Hall–Kier alpha value is -2.46. The molecular weight excluding hydrogens is 420 g/mol. The number of benzene rings is 2. The molecule has 1 heterocycles. The SMILES string of the molecule is Cc1ccc(S(=O)(=O)NC(N)=NCCC[C@H](N)C(O)c2cc3ccccc3s2)cc1. The molecule has 3 rings (SSSR count). The average molecular weight is 447 g/mol. The molecule has 0 aliphatic carbocycles. The van der Waals surface area contributed by atoms with Gasteiger partial charge in [-0.05, 0) is 49.4 Å². The largest absolute Gasteiger partial charge is 0.386 e. The van der Waals surface area contributed by atoms with Crippen LogP contribution in [-0.2, 0) is 10.0 Å². The van der Waals surface area contributed by atoms with Crippen LogP contribution >= 0.6 is 11.3 Å². The predicted molar refractivity (Wildman–Crippen MR) is 122 cm³/mol. The van der Waals surface area contributed by atoms with Gasteiger partial charge in [-0.15, -0.1) is 11.3 Å². The molecule has 0 bridgehead atoms. The van der Waals surface area contributed by atoms with Gasteiger partial charge < -0.3 is 16.6 Å². The van der Waals surface area contributed by atoms with Crippen molar-refractivity contribution in [3.05, 3.63) is 65.0 Å². The van der Waals surface area contributed by atoms with Gasteiger partial charge in [0.05, 0.1) is 4.90 Å². The summed E-state index contributed by atoms with van der Waals surface area (Å²) in [6, 6.07) is 15.9. The Bertz CT molecular complexity index is 1090. The Kier molecular flexibility index (Phi) is 7.09. The van der Waals surface area contributed by atoms with Crippen LogP contribution in [-0.4, -0.2) is 32.1 Å². The highest BCUT2D eigenvalue weighted by Gasteiger charge is 2.19. The number of nitrogens with one attached hydrogen (secondary N) is 1. The fourth-order valence-electron chi connectivity index (χ4n) is 2.99. The van der Waals surface area contributed by atoms with Crippen LogP contribution in [0.4, 0.5) is 0 Å². The maximum atomic E-state index is 12.3. The van der Waals surface area contributed by atoms with Gasteiger partial charge in [0, 0.05) is 22.2 Å². The zero-order valence-corrected chi connectivity index (χ0v) is 18.3. The van der Waals surface area contributed by atoms with E-state index in [2.05, 4.69) is 9.71 Å². The van der Waals surface area contributed by atoms with E-state index < -0.39 is 22.2 Å². The van der Waals surface area contributed by atoms with Gasteiger partial charge in [0.15, 0.2) is 0 Å². The van der Waals surface area contributed by atoms with E-state index >= 15 is 0 Å². The van der Waals surface area contributed by atoms with E-state index in [-0.39, 0.29) is 10.9 Å². The van der Waals surface area contributed by atoms with E-state index in [1.54, 1.807) is 12.1 Å². The molecule has 1 unspecified atom stereocenters. The second-order valence-corrected chi connectivity index (χ2v) is 9.92. The van der Waals surface area contributed by atoms with E-state index in [0.717, 1.165) is 20.5 Å². The van der Waals surface area contributed by atoms with E-state index in [9.17, 15) is 13.5 Å². The zero-order valence-electron chi connectivity index (χ0n) is 16.7. The fourth-order valence-corrected chi connectivity index (χ4v) is 5.07. The molecule has 0 spiro atoms. The van der Waals surface area contributed by atoms with E-state index in [0.29, 0.717) is 19.4 Å². The number of aliphatic imine (C=N–C) groups is 1. The first-order valence-corrected chi connectivity index (χ1v) is 11.9. The Labute approximate surface area is 180 Å². The van der Waals surface area contributed by atoms with Crippen LogP contribution in [0.3, 0.4) is 0 Å². The highest BCUT2D eigenvalue weighted by Crippen LogP contribution is 2.31. The Morgan fingerprint density at radius 3 is 2.60 bits per heavy atom. The van der Waals surface area contributed by atoms with Gasteiger partial charge in [-0.3, -0.25) is 4.99 Å². The molecule has 2 atom stereocenters. The third kappa shape index (κ3) is 5.57. The topological polar surface area (TPSA) is 131 Å². The van der Waals surface area contributed by atoms with Crippen LogP contribution in [0.1, 0.15) is 29.4 Å². The Balaban J connectivity index is 1.50. The van der Waals surface area contributed by atoms with Crippen molar-refractivity contribution >= 4 is 37.4 Å². The molecule has 0 amide bonds. The number of aliphatic hydroxyl groups excluding tert-OH is 1. The molecule has 3 aromatic rings. The number of rotatable bonds is 8. The number of sulfonamides is 1. The predicted octanol–water partition coefficient (Wildman–Crippen LogP) is 2.64. The molecule has 0 aliphatic heterocycles. The van der Waals surface area contributed by atoms with Gasteiger partial charge >= 0.3 is 0 Å². The van der Waals surface area contributed by atoms with Crippen molar-refractivity contribution in [2.75, 3.05) is 6.54 Å². The minimum atomic E-state index is -3.76. The molecule has 1 aromatic heterocycles.